The molecule has 1 N–H and O–H groups in total. The Balaban J connectivity index is 3.24. The smallest absolute Gasteiger partial charge is 0.347 e. The topological polar surface area (TPSA) is 97.7 Å². The second kappa shape index (κ2) is 4.42. The summed E-state index contributed by atoms with van der Waals surface area (Å²) in [5.74, 6) is -1.99. The molecule has 0 aliphatic heterocycles. The van der Waals surface area contributed by atoms with E-state index in [2.05, 4.69) is 4.74 Å². The summed E-state index contributed by atoms with van der Waals surface area (Å²) in [4.78, 5) is 21.2. The Bertz CT molecular complexity index is 531. The number of hydrogen-bond acceptors (Lipinski definition) is 5. The zero-order valence-electron chi connectivity index (χ0n) is 8.21. The van der Waals surface area contributed by atoms with Crippen LogP contribution < -0.4 is 0 Å². The molecule has 1 aromatic carbocycles. The van der Waals surface area contributed by atoms with Crippen LogP contribution in [0.1, 0.15) is 17.3 Å². The van der Waals surface area contributed by atoms with E-state index in [0.717, 1.165) is 19.1 Å². The Labute approximate surface area is 91.6 Å². The van der Waals surface area contributed by atoms with E-state index in [4.69, 9.17) is 4.55 Å². The first-order chi connectivity index (χ1) is 7.32. The van der Waals surface area contributed by atoms with Crippen LogP contribution in [-0.4, -0.2) is 24.9 Å². The molecule has 0 radical (unpaired) electrons. The monoisotopic (exact) mass is 244 g/mol. The first kappa shape index (κ1) is 12.3. The van der Waals surface area contributed by atoms with E-state index in [9.17, 15) is 18.0 Å². The first-order valence-corrected chi connectivity index (χ1v) is 5.55. The van der Waals surface area contributed by atoms with Gasteiger partial charge in [-0.2, -0.15) is 8.42 Å². The van der Waals surface area contributed by atoms with Crippen LogP contribution in [0, 0.1) is 0 Å². The van der Waals surface area contributed by atoms with Crippen molar-refractivity contribution in [3.63, 3.8) is 0 Å². The summed E-state index contributed by atoms with van der Waals surface area (Å²) in [7, 11) is -4.53. The quantitative estimate of drug-likeness (QED) is 0.465. The van der Waals surface area contributed by atoms with Crippen molar-refractivity contribution < 1.29 is 27.3 Å². The molecular formula is C9H8O6S. The van der Waals surface area contributed by atoms with Crippen molar-refractivity contribution in [2.24, 2.45) is 0 Å². The lowest BCUT2D eigenvalue weighted by atomic mass is 10.2. The molecule has 0 unspecified atom stereocenters. The molecule has 0 aliphatic carbocycles. The molecule has 0 heterocycles. The second-order valence-electron chi connectivity index (χ2n) is 2.85. The fourth-order valence-corrected chi connectivity index (χ4v) is 1.73. The highest BCUT2D eigenvalue weighted by molar-refractivity contribution is 7.86. The van der Waals surface area contributed by atoms with E-state index in [1.165, 1.54) is 12.1 Å². The fourth-order valence-electron chi connectivity index (χ4n) is 1.05. The van der Waals surface area contributed by atoms with E-state index in [0.29, 0.717) is 0 Å². The molecule has 1 aromatic rings. The van der Waals surface area contributed by atoms with Gasteiger partial charge in [0.1, 0.15) is 4.90 Å². The maximum absolute atomic E-state index is 11.3. The molecule has 86 valence electrons. The summed E-state index contributed by atoms with van der Waals surface area (Å²) in [6, 6.07) is 4.87. The minimum absolute atomic E-state index is 0.389. The fraction of sp³-hybridized carbons (Fsp3) is 0.111. The molecule has 0 bridgehead atoms. The Morgan fingerprint density at radius 1 is 1.25 bits per heavy atom. The second-order valence-corrected chi connectivity index (χ2v) is 4.24. The number of esters is 2. The average molecular weight is 244 g/mol. The van der Waals surface area contributed by atoms with Gasteiger partial charge in [-0.3, -0.25) is 9.35 Å². The Morgan fingerprint density at radius 2 is 1.81 bits per heavy atom. The molecule has 0 saturated heterocycles. The summed E-state index contributed by atoms with van der Waals surface area (Å²) in [6.07, 6.45) is 0. The van der Waals surface area contributed by atoms with Crippen molar-refractivity contribution in [2.75, 3.05) is 0 Å². The van der Waals surface area contributed by atoms with Gasteiger partial charge in [0.15, 0.2) is 0 Å². The predicted molar refractivity (Wildman–Crippen MR) is 52.4 cm³/mol. The van der Waals surface area contributed by atoms with Gasteiger partial charge in [-0.05, 0) is 12.1 Å². The van der Waals surface area contributed by atoms with Gasteiger partial charge in [-0.25, -0.2) is 4.79 Å². The van der Waals surface area contributed by atoms with E-state index < -0.39 is 27.0 Å². The van der Waals surface area contributed by atoms with E-state index in [1.54, 1.807) is 0 Å². The van der Waals surface area contributed by atoms with Crippen molar-refractivity contribution in [1.29, 1.82) is 0 Å². The van der Waals surface area contributed by atoms with Crippen molar-refractivity contribution in [3.05, 3.63) is 29.8 Å². The number of benzene rings is 1. The third-order valence-electron chi connectivity index (χ3n) is 1.62. The highest BCUT2D eigenvalue weighted by Crippen LogP contribution is 2.15. The lowest BCUT2D eigenvalue weighted by Crippen LogP contribution is -2.13. The lowest BCUT2D eigenvalue weighted by molar-refractivity contribution is -0.135. The molecule has 6 nitrogen and oxygen atoms in total. The number of hydrogen-bond donors (Lipinski definition) is 1. The van der Waals surface area contributed by atoms with E-state index in [1.807, 2.05) is 0 Å². The van der Waals surface area contributed by atoms with Crippen LogP contribution in [-0.2, 0) is 19.6 Å². The van der Waals surface area contributed by atoms with Gasteiger partial charge in [0.2, 0.25) is 0 Å². The SMILES string of the molecule is CC(=O)OC(=O)c1ccccc1S(=O)(=O)O. The third kappa shape index (κ3) is 2.88. The van der Waals surface area contributed by atoms with Gasteiger partial charge in [-0.1, -0.05) is 12.1 Å². The van der Waals surface area contributed by atoms with Crippen molar-refractivity contribution in [1.82, 2.24) is 0 Å². The molecule has 0 atom stereocenters. The molecule has 16 heavy (non-hydrogen) atoms. The van der Waals surface area contributed by atoms with Crippen molar-refractivity contribution >= 4 is 22.1 Å². The Hall–Kier alpha value is -1.73. The van der Waals surface area contributed by atoms with Crippen LogP contribution in [0.2, 0.25) is 0 Å². The molecule has 1 rings (SSSR count). The molecule has 0 aromatic heterocycles. The third-order valence-corrected chi connectivity index (χ3v) is 2.53. The number of ether oxygens (including phenoxy) is 1. The molecule has 0 amide bonds. The van der Waals surface area contributed by atoms with Gasteiger partial charge in [0, 0.05) is 6.92 Å². The summed E-state index contributed by atoms with van der Waals surface area (Å²) < 4.78 is 34.9. The van der Waals surface area contributed by atoms with Gasteiger partial charge >= 0.3 is 11.9 Å². The molecule has 7 heteroatoms. The first-order valence-electron chi connectivity index (χ1n) is 4.11. The van der Waals surface area contributed by atoms with Gasteiger partial charge < -0.3 is 4.74 Å². The zero-order chi connectivity index (χ0) is 12.3. The summed E-state index contributed by atoms with van der Waals surface area (Å²) >= 11 is 0. The molecular weight excluding hydrogens is 236 g/mol. The highest BCUT2D eigenvalue weighted by Gasteiger charge is 2.21. The summed E-state index contributed by atoms with van der Waals surface area (Å²) in [6.45, 7) is 1.01. The lowest BCUT2D eigenvalue weighted by Gasteiger charge is -2.04. The molecule has 0 spiro atoms. The van der Waals surface area contributed by atoms with E-state index >= 15 is 0 Å². The number of rotatable bonds is 2. The number of carbonyl (C=O) groups excluding carboxylic acids is 2. The predicted octanol–water partition coefficient (Wildman–Crippen LogP) is 0.637. The normalized spacial score (nSPS) is 10.9. The van der Waals surface area contributed by atoms with Crippen LogP contribution in [0.25, 0.3) is 0 Å². The van der Waals surface area contributed by atoms with Gasteiger partial charge in [0.25, 0.3) is 10.1 Å². The molecule has 0 aliphatic rings. The van der Waals surface area contributed by atoms with Crippen LogP contribution in [0.3, 0.4) is 0 Å². The maximum atomic E-state index is 11.3. The van der Waals surface area contributed by atoms with Crippen molar-refractivity contribution in [2.45, 2.75) is 11.8 Å². The highest BCUT2D eigenvalue weighted by atomic mass is 32.2. The van der Waals surface area contributed by atoms with Crippen LogP contribution in [0.4, 0.5) is 0 Å². The van der Waals surface area contributed by atoms with Gasteiger partial charge in [-0.15, -0.1) is 0 Å². The standard InChI is InChI=1S/C9H8O6S/c1-6(10)15-9(11)7-4-2-3-5-8(7)16(12,13)14/h2-5H,1H3,(H,12,13,14). The maximum Gasteiger partial charge on any atom is 0.347 e. The minimum Gasteiger partial charge on any atom is -0.390 e. The summed E-state index contributed by atoms with van der Waals surface area (Å²) in [5.41, 5.74) is -0.389. The zero-order valence-corrected chi connectivity index (χ0v) is 9.02. The van der Waals surface area contributed by atoms with E-state index in [-0.39, 0.29) is 5.56 Å². The van der Waals surface area contributed by atoms with Crippen LogP contribution in [0.15, 0.2) is 29.2 Å². The summed E-state index contributed by atoms with van der Waals surface area (Å²) in [5, 5.41) is 0. The van der Waals surface area contributed by atoms with Crippen LogP contribution >= 0.6 is 0 Å². The van der Waals surface area contributed by atoms with Gasteiger partial charge in [0.05, 0.1) is 5.56 Å². The van der Waals surface area contributed by atoms with Crippen LogP contribution in [0.5, 0.6) is 0 Å². The van der Waals surface area contributed by atoms with Crippen molar-refractivity contribution in [3.8, 4) is 0 Å². The molecule has 0 fully saturated rings. The average Bonchev–Trinajstić information content (AvgIpc) is 2.15. The number of carbonyl (C=O) groups is 2. The minimum atomic E-state index is -4.53. The largest absolute Gasteiger partial charge is 0.390 e. The Morgan fingerprint density at radius 3 is 2.31 bits per heavy atom. The molecule has 0 saturated carbocycles. The Kier molecular flexibility index (Phi) is 3.41.